The van der Waals surface area contributed by atoms with Crippen molar-refractivity contribution in [3.8, 4) is 0 Å². The molecular weight excluding hydrogens is 280 g/mol. The standard InChI is InChI=1S/C18H27ClN2/c1-14-5-9-21(10-6-14)8-2-7-20-18-12-15-3-4-17(19)11-16(15)13-18/h3-4,11,14,18,20H,2,5-10,12-13H2,1H3. The average Bonchev–Trinajstić information content (AvgIpc) is 2.87. The van der Waals surface area contributed by atoms with E-state index in [4.69, 9.17) is 11.6 Å². The number of likely N-dealkylation sites (tertiary alicyclic amines) is 1. The summed E-state index contributed by atoms with van der Waals surface area (Å²) in [5.41, 5.74) is 2.91. The van der Waals surface area contributed by atoms with Crippen molar-refractivity contribution in [2.24, 2.45) is 5.92 Å². The fourth-order valence-corrected chi connectivity index (χ4v) is 3.82. The van der Waals surface area contributed by atoms with Crippen LogP contribution in [0, 0.1) is 5.92 Å². The van der Waals surface area contributed by atoms with E-state index in [1.807, 2.05) is 6.07 Å². The second-order valence-corrected chi connectivity index (χ2v) is 7.29. The summed E-state index contributed by atoms with van der Waals surface area (Å²) in [4.78, 5) is 2.63. The number of hydrogen-bond donors (Lipinski definition) is 1. The Kier molecular flexibility index (Phi) is 5.20. The van der Waals surface area contributed by atoms with Gasteiger partial charge in [-0.1, -0.05) is 24.6 Å². The average molecular weight is 307 g/mol. The van der Waals surface area contributed by atoms with Crippen LogP contribution in [0.5, 0.6) is 0 Å². The molecule has 1 atom stereocenters. The van der Waals surface area contributed by atoms with Gasteiger partial charge in [0.15, 0.2) is 0 Å². The van der Waals surface area contributed by atoms with Crippen molar-refractivity contribution < 1.29 is 0 Å². The summed E-state index contributed by atoms with van der Waals surface area (Å²) in [6.07, 6.45) is 6.32. The maximum absolute atomic E-state index is 6.07. The van der Waals surface area contributed by atoms with Crippen LogP contribution in [-0.4, -0.2) is 37.1 Å². The molecule has 2 aliphatic rings. The van der Waals surface area contributed by atoms with Crippen LogP contribution in [0.2, 0.25) is 5.02 Å². The number of fused-ring (bicyclic) bond motifs is 1. The van der Waals surface area contributed by atoms with Crippen molar-refractivity contribution in [1.82, 2.24) is 10.2 Å². The van der Waals surface area contributed by atoms with Gasteiger partial charge < -0.3 is 10.2 Å². The Bertz CT molecular complexity index is 466. The van der Waals surface area contributed by atoms with Crippen LogP contribution in [0.25, 0.3) is 0 Å². The van der Waals surface area contributed by atoms with Gasteiger partial charge in [-0.05, 0) is 87.5 Å². The van der Waals surface area contributed by atoms with E-state index in [1.165, 1.54) is 50.0 Å². The third kappa shape index (κ3) is 4.21. The fraction of sp³-hybridized carbons (Fsp3) is 0.667. The maximum Gasteiger partial charge on any atom is 0.0408 e. The van der Waals surface area contributed by atoms with Gasteiger partial charge in [-0.25, -0.2) is 0 Å². The minimum atomic E-state index is 0.611. The van der Waals surface area contributed by atoms with Gasteiger partial charge >= 0.3 is 0 Å². The molecule has 0 radical (unpaired) electrons. The van der Waals surface area contributed by atoms with Gasteiger partial charge in [-0.2, -0.15) is 0 Å². The smallest absolute Gasteiger partial charge is 0.0408 e. The van der Waals surface area contributed by atoms with Gasteiger partial charge in [0.05, 0.1) is 0 Å². The summed E-state index contributed by atoms with van der Waals surface area (Å²) in [6, 6.07) is 6.95. The summed E-state index contributed by atoms with van der Waals surface area (Å²) >= 11 is 6.07. The fourth-order valence-electron chi connectivity index (χ4n) is 3.63. The quantitative estimate of drug-likeness (QED) is 0.837. The van der Waals surface area contributed by atoms with Crippen LogP contribution in [0.1, 0.15) is 37.3 Å². The molecule has 0 bridgehead atoms. The van der Waals surface area contributed by atoms with Gasteiger partial charge in [-0.15, -0.1) is 0 Å². The third-order valence-corrected chi connectivity index (χ3v) is 5.30. The topological polar surface area (TPSA) is 15.3 Å². The van der Waals surface area contributed by atoms with Crippen molar-refractivity contribution in [2.45, 2.75) is 45.1 Å². The molecule has 116 valence electrons. The zero-order valence-electron chi connectivity index (χ0n) is 13.1. The molecule has 0 spiro atoms. The molecule has 1 unspecified atom stereocenters. The molecule has 0 saturated carbocycles. The first-order chi connectivity index (χ1) is 10.2. The van der Waals surface area contributed by atoms with Crippen molar-refractivity contribution in [3.05, 3.63) is 34.3 Å². The van der Waals surface area contributed by atoms with Crippen LogP contribution in [0.15, 0.2) is 18.2 Å². The molecule has 0 amide bonds. The first-order valence-corrected chi connectivity index (χ1v) is 8.81. The molecule has 1 fully saturated rings. The van der Waals surface area contributed by atoms with Crippen LogP contribution in [-0.2, 0) is 12.8 Å². The molecule has 0 aromatic heterocycles. The molecule has 3 heteroatoms. The van der Waals surface area contributed by atoms with Gasteiger partial charge in [0, 0.05) is 11.1 Å². The minimum Gasteiger partial charge on any atom is -0.313 e. The van der Waals surface area contributed by atoms with Crippen LogP contribution in [0.3, 0.4) is 0 Å². The predicted octanol–water partition coefficient (Wildman–Crippen LogP) is 3.52. The SMILES string of the molecule is CC1CCN(CCCNC2Cc3ccc(Cl)cc3C2)CC1. The highest BCUT2D eigenvalue weighted by Crippen LogP contribution is 2.25. The van der Waals surface area contributed by atoms with E-state index in [9.17, 15) is 0 Å². The number of hydrogen-bond acceptors (Lipinski definition) is 2. The second kappa shape index (κ2) is 7.13. The molecule has 1 heterocycles. The van der Waals surface area contributed by atoms with E-state index in [0.717, 1.165) is 30.3 Å². The summed E-state index contributed by atoms with van der Waals surface area (Å²) in [5.74, 6) is 0.934. The zero-order chi connectivity index (χ0) is 14.7. The molecule has 2 nitrogen and oxygen atoms in total. The predicted molar refractivity (Wildman–Crippen MR) is 90.1 cm³/mol. The first kappa shape index (κ1) is 15.3. The number of piperidine rings is 1. The van der Waals surface area contributed by atoms with E-state index < -0.39 is 0 Å². The Morgan fingerprint density at radius 1 is 1.19 bits per heavy atom. The lowest BCUT2D eigenvalue weighted by molar-refractivity contribution is 0.190. The number of benzene rings is 1. The minimum absolute atomic E-state index is 0.611. The molecule has 1 N–H and O–H groups in total. The van der Waals surface area contributed by atoms with E-state index in [-0.39, 0.29) is 0 Å². The molecule has 21 heavy (non-hydrogen) atoms. The number of halogens is 1. The maximum atomic E-state index is 6.07. The largest absolute Gasteiger partial charge is 0.313 e. The van der Waals surface area contributed by atoms with E-state index in [1.54, 1.807) is 0 Å². The Morgan fingerprint density at radius 2 is 1.95 bits per heavy atom. The molecule has 1 saturated heterocycles. The number of rotatable bonds is 5. The lowest BCUT2D eigenvalue weighted by Crippen LogP contribution is -2.36. The van der Waals surface area contributed by atoms with Crippen LogP contribution in [0.4, 0.5) is 0 Å². The molecule has 1 aromatic carbocycles. The molecule has 1 aromatic rings. The molecular formula is C18H27ClN2. The highest BCUT2D eigenvalue weighted by Gasteiger charge is 2.21. The van der Waals surface area contributed by atoms with Crippen molar-refractivity contribution in [3.63, 3.8) is 0 Å². The van der Waals surface area contributed by atoms with Crippen molar-refractivity contribution in [1.29, 1.82) is 0 Å². The van der Waals surface area contributed by atoms with E-state index >= 15 is 0 Å². The Labute approximate surface area is 133 Å². The summed E-state index contributed by atoms with van der Waals surface area (Å²) < 4.78 is 0. The lowest BCUT2D eigenvalue weighted by atomic mass is 9.99. The highest BCUT2D eigenvalue weighted by atomic mass is 35.5. The normalized spacial score (nSPS) is 23.4. The van der Waals surface area contributed by atoms with Crippen molar-refractivity contribution in [2.75, 3.05) is 26.2 Å². The number of nitrogens with zero attached hydrogens (tertiary/aromatic N) is 1. The number of nitrogens with one attached hydrogen (secondary N) is 1. The zero-order valence-corrected chi connectivity index (χ0v) is 13.8. The molecule has 1 aliphatic carbocycles. The highest BCUT2D eigenvalue weighted by molar-refractivity contribution is 6.30. The summed E-state index contributed by atoms with van der Waals surface area (Å²) in [5, 5.41) is 4.60. The van der Waals surface area contributed by atoms with Gasteiger partial charge in [-0.3, -0.25) is 0 Å². The van der Waals surface area contributed by atoms with Gasteiger partial charge in [0.2, 0.25) is 0 Å². The third-order valence-electron chi connectivity index (χ3n) is 5.06. The van der Waals surface area contributed by atoms with Gasteiger partial charge in [0.1, 0.15) is 0 Å². The Hall–Kier alpha value is -0.570. The van der Waals surface area contributed by atoms with Crippen molar-refractivity contribution >= 4 is 11.6 Å². The molecule has 1 aliphatic heterocycles. The monoisotopic (exact) mass is 306 g/mol. The van der Waals surface area contributed by atoms with E-state index in [2.05, 4.69) is 29.3 Å². The Balaban J connectivity index is 1.34. The van der Waals surface area contributed by atoms with Crippen LogP contribution >= 0.6 is 11.6 Å². The first-order valence-electron chi connectivity index (χ1n) is 8.44. The van der Waals surface area contributed by atoms with E-state index in [0.29, 0.717) is 6.04 Å². The Morgan fingerprint density at radius 3 is 2.76 bits per heavy atom. The molecule has 3 rings (SSSR count). The summed E-state index contributed by atoms with van der Waals surface area (Å²) in [6.45, 7) is 7.37. The van der Waals surface area contributed by atoms with Crippen LogP contribution < -0.4 is 5.32 Å². The summed E-state index contributed by atoms with van der Waals surface area (Å²) in [7, 11) is 0. The lowest BCUT2D eigenvalue weighted by Gasteiger charge is -2.30. The van der Waals surface area contributed by atoms with Gasteiger partial charge in [0.25, 0.3) is 0 Å². The second-order valence-electron chi connectivity index (χ2n) is 6.85.